The molecule has 1 atom stereocenters. The first-order chi connectivity index (χ1) is 13.2. The average Bonchev–Trinajstić information content (AvgIpc) is 2.63. The number of H-pyrrole nitrogens is 1. The monoisotopic (exact) mass is 389 g/mol. The number of carbonyl (C=O) groups is 1. The third-order valence-corrected chi connectivity index (χ3v) is 4.98. The van der Waals surface area contributed by atoms with Crippen molar-refractivity contribution < 1.29 is 16.4 Å². The summed E-state index contributed by atoms with van der Waals surface area (Å²) in [7, 11) is 0. The van der Waals surface area contributed by atoms with E-state index in [0.717, 1.165) is 6.20 Å². The van der Waals surface area contributed by atoms with Crippen LogP contribution in [0.4, 0.5) is 8.78 Å². The van der Waals surface area contributed by atoms with Crippen LogP contribution in [0.15, 0.2) is 29.2 Å². The Morgan fingerprint density at radius 2 is 1.93 bits per heavy atom. The van der Waals surface area contributed by atoms with Gasteiger partial charge in [-0.3, -0.25) is 14.6 Å². The van der Waals surface area contributed by atoms with Gasteiger partial charge in [-0.05, 0) is 62.6 Å². The molecule has 7 heteroatoms. The van der Waals surface area contributed by atoms with Crippen LogP contribution >= 0.6 is 0 Å². The maximum atomic E-state index is 13.9. The maximum absolute atomic E-state index is 13.9. The van der Waals surface area contributed by atoms with Crippen LogP contribution in [0.5, 0.6) is 0 Å². The zero-order chi connectivity index (χ0) is 20.6. The molecular formula is C21H25F2N3O2. The van der Waals surface area contributed by atoms with Crippen LogP contribution in [-0.4, -0.2) is 15.9 Å². The summed E-state index contributed by atoms with van der Waals surface area (Å²) in [6, 6.07) is 3.94. The Balaban J connectivity index is 0.00000225. The summed E-state index contributed by atoms with van der Waals surface area (Å²) in [4.78, 5) is 31.7. The lowest BCUT2D eigenvalue weighted by Crippen LogP contribution is -2.31. The Kier molecular flexibility index (Phi) is 5.27. The molecule has 3 rings (SSSR count). The third kappa shape index (κ3) is 3.65. The highest BCUT2D eigenvalue weighted by molar-refractivity contribution is 5.88. The summed E-state index contributed by atoms with van der Waals surface area (Å²) >= 11 is 0. The van der Waals surface area contributed by atoms with Gasteiger partial charge in [-0.2, -0.15) is 0 Å². The molecule has 0 unspecified atom stereocenters. The number of fused-ring (bicyclic) bond motifs is 1. The molecule has 0 saturated heterocycles. The molecule has 0 aliphatic rings. The number of pyridine rings is 2. The number of hydrogen-bond donors (Lipinski definition) is 2. The molecule has 1 amide bonds. The van der Waals surface area contributed by atoms with E-state index in [1.807, 2.05) is 0 Å². The lowest BCUT2D eigenvalue weighted by Gasteiger charge is -2.15. The third-order valence-electron chi connectivity index (χ3n) is 4.98. The largest absolute Gasteiger partial charge is 0.348 e. The normalized spacial score (nSPS) is 12.2. The number of amides is 1. The smallest absolute Gasteiger partial charge is 0.252 e. The number of rotatable bonds is 4. The SMILES string of the molecule is Cc1cc([C@H](C)NC(=O)Cc2c(C)c3c(C)c(F)ccc3[nH]c2=O)ncc1F.[HH].[HH]. The summed E-state index contributed by atoms with van der Waals surface area (Å²) in [5.41, 5.74) is 2.40. The molecule has 150 valence electrons. The fraction of sp³-hybridized carbons (Fsp3) is 0.286. The van der Waals surface area contributed by atoms with E-state index in [2.05, 4.69) is 15.3 Å². The minimum Gasteiger partial charge on any atom is -0.348 e. The second-order valence-corrected chi connectivity index (χ2v) is 6.98. The van der Waals surface area contributed by atoms with Crippen molar-refractivity contribution in [3.05, 3.63) is 74.3 Å². The van der Waals surface area contributed by atoms with Crippen LogP contribution in [0.3, 0.4) is 0 Å². The molecule has 0 bridgehead atoms. The molecule has 0 aliphatic carbocycles. The standard InChI is InChI=1S/C21H21F2N3O2.2H2/c1-10-7-18(24-9-16(10)23)13(4)25-19(27)8-14-11(2)20-12(3)15(22)5-6-17(20)26-21(14)28;;/h5-7,9,13H,8H2,1-4H3,(H,25,27)(H,26,28);2*1H/t13-;;/m0../s1. The number of benzene rings is 1. The molecule has 0 radical (unpaired) electrons. The second kappa shape index (κ2) is 7.50. The van der Waals surface area contributed by atoms with Crippen molar-refractivity contribution in [2.24, 2.45) is 0 Å². The zero-order valence-electron chi connectivity index (χ0n) is 16.1. The van der Waals surface area contributed by atoms with E-state index in [0.29, 0.717) is 33.3 Å². The number of nitrogens with one attached hydrogen (secondary N) is 2. The van der Waals surface area contributed by atoms with Gasteiger partial charge in [0.15, 0.2) is 0 Å². The molecule has 2 aromatic heterocycles. The van der Waals surface area contributed by atoms with E-state index >= 15 is 0 Å². The van der Waals surface area contributed by atoms with Gasteiger partial charge in [-0.15, -0.1) is 0 Å². The Labute approximate surface area is 163 Å². The fourth-order valence-corrected chi connectivity index (χ4v) is 3.33. The van der Waals surface area contributed by atoms with Gasteiger partial charge >= 0.3 is 0 Å². The quantitative estimate of drug-likeness (QED) is 0.707. The summed E-state index contributed by atoms with van der Waals surface area (Å²) in [5, 5.41) is 3.37. The Morgan fingerprint density at radius 1 is 1.21 bits per heavy atom. The fourth-order valence-electron chi connectivity index (χ4n) is 3.33. The number of nitrogens with zero attached hydrogens (tertiary/aromatic N) is 1. The van der Waals surface area contributed by atoms with Crippen LogP contribution < -0.4 is 10.9 Å². The molecule has 2 N–H and O–H groups in total. The predicted molar refractivity (Wildman–Crippen MR) is 107 cm³/mol. The molecule has 0 aliphatic heterocycles. The molecule has 0 saturated carbocycles. The maximum Gasteiger partial charge on any atom is 0.252 e. The van der Waals surface area contributed by atoms with E-state index in [1.54, 1.807) is 33.8 Å². The summed E-state index contributed by atoms with van der Waals surface area (Å²) in [6.45, 7) is 6.70. The zero-order valence-corrected chi connectivity index (χ0v) is 16.1. The molecule has 0 fully saturated rings. The Bertz CT molecular complexity index is 1150. The highest BCUT2D eigenvalue weighted by Gasteiger charge is 2.18. The predicted octanol–water partition coefficient (Wildman–Crippen LogP) is 4.04. The average molecular weight is 389 g/mol. The molecule has 0 spiro atoms. The van der Waals surface area contributed by atoms with Gasteiger partial charge in [0.25, 0.3) is 5.56 Å². The number of aryl methyl sites for hydroxylation is 3. The van der Waals surface area contributed by atoms with Gasteiger partial charge in [0.2, 0.25) is 5.91 Å². The number of hydrogen-bond acceptors (Lipinski definition) is 3. The number of aromatic amines is 1. The van der Waals surface area contributed by atoms with Gasteiger partial charge in [0.1, 0.15) is 11.6 Å². The van der Waals surface area contributed by atoms with Crippen LogP contribution in [-0.2, 0) is 11.2 Å². The van der Waals surface area contributed by atoms with E-state index in [1.165, 1.54) is 12.1 Å². The van der Waals surface area contributed by atoms with Crippen LogP contribution in [0.2, 0.25) is 0 Å². The van der Waals surface area contributed by atoms with Crippen LogP contribution in [0.25, 0.3) is 10.9 Å². The van der Waals surface area contributed by atoms with Crippen LogP contribution in [0, 0.1) is 32.4 Å². The molecule has 3 aromatic rings. The highest BCUT2D eigenvalue weighted by Crippen LogP contribution is 2.24. The van der Waals surface area contributed by atoms with Gasteiger partial charge in [0, 0.05) is 19.3 Å². The lowest BCUT2D eigenvalue weighted by atomic mass is 9.98. The summed E-state index contributed by atoms with van der Waals surface area (Å²) in [5.74, 6) is -1.16. The van der Waals surface area contributed by atoms with E-state index in [4.69, 9.17) is 0 Å². The van der Waals surface area contributed by atoms with E-state index in [9.17, 15) is 18.4 Å². The van der Waals surface area contributed by atoms with Crippen molar-refractivity contribution in [3.8, 4) is 0 Å². The second-order valence-electron chi connectivity index (χ2n) is 6.98. The lowest BCUT2D eigenvalue weighted by molar-refractivity contribution is -0.121. The van der Waals surface area contributed by atoms with Crippen LogP contribution in [0.1, 0.15) is 43.8 Å². The van der Waals surface area contributed by atoms with Crippen molar-refractivity contribution in [1.82, 2.24) is 15.3 Å². The van der Waals surface area contributed by atoms with Gasteiger partial charge in [-0.25, -0.2) is 8.78 Å². The van der Waals surface area contributed by atoms with E-state index < -0.39 is 11.9 Å². The first-order valence-corrected chi connectivity index (χ1v) is 8.91. The van der Waals surface area contributed by atoms with Crippen molar-refractivity contribution in [2.75, 3.05) is 0 Å². The molecule has 1 aromatic carbocycles. The minimum atomic E-state index is -0.453. The summed E-state index contributed by atoms with van der Waals surface area (Å²) in [6.07, 6.45) is 0.959. The summed E-state index contributed by atoms with van der Waals surface area (Å²) < 4.78 is 27.3. The number of aromatic nitrogens is 2. The van der Waals surface area contributed by atoms with Crippen molar-refractivity contribution in [3.63, 3.8) is 0 Å². The first kappa shape index (κ1) is 19.7. The first-order valence-electron chi connectivity index (χ1n) is 8.91. The Hall–Kier alpha value is -3.09. The number of halogens is 2. The van der Waals surface area contributed by atoms with E-state index in [-0.39, 0.29) is 32.1 Å². The molecule has 5 nitrogen and oxygen atoms in total. The topological polar surface area (TPSA) is 74.8 Å². The number of carbonyl (C=O) groups excluding carboxylic acids is 1. The highest BCUT2D eigenvalue weighted by atomic mass is 19.1. The Morgan fingerprint density at radius 3 is 2.61 bits per heavy atom. The minimum absolute atomic E-state index is 0. The molecule has 28 heavy (non-hydrogen) atoms. The van der Waals surface area contributed by atoms with Gasteiger partial charge in [-0.1, -0.05) is 0 Å². The van der Waals surface area contributed by atoms with Gasteiger partial charge < -0.3 is 10.3 Å². The van der Waals surface area contributed by atoms with Crippen molar-refractivity contribution >= 4 is 16.8 Å². The molecule has 2 heterocycles. The van der Waals surface area contributed by atoms with Crippen molar-refractivity contribution in [2.45, 2.75) is 40.2 Å². The van der Waals surface area contributed by atoms with Gasteiger partial charge in [0.05, 0.1) is 24.4 Å². The van der Waals surface area contributed by atoms with Crippen molar-refractivity contribution in [1.29, 1.82) is 0 Å². The molecular weight excluding hydrogens is 364 g/mol.